The highest BCUT2D eigenvalue weighted by molar-refractivity contribution is 9.10. The van der Waals surface area contributed by atoms with Gasteiger partial charge in [0.2, 0.25) is 0 Å². The molecule has 0 aliphatic rings. The van der Waals surface area contributed by atoms with Crippen LogP contribution in [0.25, 0.3) is 5.69 Å². The number of nitrogens with zero attached hydrogens (tertiary/aromatic N) is 1. The number of halogens is 1. The zero-order valence-corrected chi connectivity index (χ0v) is 12.4. The van der Waals surface area contributed by atoms with Crippen molar-refractivity contribution in [2.24, 2.45) is 0 Å². The largest absolute Gasteiger partial charge is 0.318 e. The standard InChI is InChI=1S/C15H16BrNO/c1-10-8-13(9-11(2)18)12(3)17(10)15-6-4-14(16)5-7-15/h4-8H,9H2,1-3H3. The maximum absolute atomic E-state index is 11.3. The number of Topliss-reactive ketones (excluding diaryl/α,β-unsaturated/α-hetero) is 1. The van der Waals surface area contributed by atoms with Crippen LogP contribution < -0.4 is 0 Å². The summed E-state index contributed by atoms with van der Waals surface area (Å²) in [5.74, 6) is 0.200. The van der Waals surface area contributed by atoms with Gasteiger partial charge >= 0.3 is 0 Å². The van der Waals surface area contributed by atoms with Crippen LogP contribution in [-0.4, -0.2) is 10.4 Å². The number of benzene rings is 1. The minimum Gasteiger partial charge on any atom is -0.318 e. The molecule has 0 N–H and O–H groups in total. The summed E-state index contributed by atoms with van der Waals surface area (Å²) < 4.78 is 3.25. The van der Waals surface area contributed by atoms with Gasteiger partial charge in [-0.25, -0.2) is 0 Å². The Balaban J connectivity index is 2.48. The molecule has 0 bridgehead atoms. The molecule has 0 aliphatic carbocycles. The molecule has 0 amide bonds. The summed E-state index contributed by atoms with van der Waals surface area (Å²) in [6.45, 7) is 5.76. The Kier molecular flexibility index (Phi) is 3.71. The van der Waals surface area contributed by atoms with Gasteiger partial charge in [0.15, 0.2) is 0 Å². The van der Waals surface area contributed by atoms with Crippen LogP contribution in [0.15, 0.2) is 34.8 Å². The second-order valence-corrected chi connectivity index (χ2v) is 5.50. The van der Waals surface area contributed by atoms with Gasteiger partial charge in [-0.3, -0.25) is 4.79 Å². The fourth-order valence-corrected chi connectivity index (χ4v) is 2.53. The van der Waals surface area contributed by atoms with Crippen LogP contribution >= 0.6 is 15.9 Å². The lowest BCUT2D eigenvalue weighted by Gasteiger charge is -2.10. The molecule has 2 nitrogen and oxygen atoms in total. The van der Waals surface area contributed by atoms with Crippen molar-refractivity contribution in [1.29, 1.82) is 0 Å². The summed E-state index contributed by atoms with van der Waals surface area (Å²) in [6, 6.07) is 10.3. The minimum absolute atomic E-state index is 0.200. The molecule has 0 fully saturated rings. The summed E-state index contributed by atoms with van der Waals surface area (Å²) >= 11 is 3.44. The second kappa shape index (κ2) is 5.11. The normalized spacial score (nSPS) is 10.7. The summed E-state index contributed by atoms with van der Waals surface area (Å²) in [5, 5.41) is 0. The van der Waals surface area contributed by atoms with Crippen molar-refractivity contribution in [3.8, 4) is 5.69 Å². The van der Waals surface area contributed by atoms with Gasteiger partial charge in [-0.1, -0.05) is 15.9 Å². The summed E-state index contributed by atoms with van der Waals surface area (Å²) in [5.41, 5.74) is 4.54. The third kappa shape index (κ3) is 2.56. The monoisotopic (exact) mass is 305 g/mol. The number of hydrogen-bond donors (Lipinski definition) is 0. The summed E-state index contributed by atoms with van der Waals surface area (Å²) in [4.78, 5) is 11.3. The zero-order chi connectivity index (χ0) is 13.3. The van der Waals surface area contributed by atoms with E-state index in [9.17, 15) is 4.79 Å². The third-order valence-corrected chi connectivity index (χ3v) is 3.59. The molecule has 2 aromatic rings. The molecule has 1 aromatic heterocycles. The number of ketones is 1. The molecule has 1 heterocycles. The first-order valence-electron chi connectivity index (χ1n) is 5.92. The average molecular weight is 306 g/mol. The third-order valence-electron chi connectivity index (χ3n) is 3.06. The van der Waals surface area contributed by atoms with Crippen LogP contribution in [0, 0.1) is 13.8 Å². The number of carbonyl (C=O) groups is 1. The van der Waals surface area contributed by atoms with E-state index in [0.29, 0.717) is 6.42 Å². The molecule has 1 aromatic carbocycles. The van der Waals surface area contributed by atoms with Crippen molar-refractivity contribution in [2.75, 3.05) is 0 Å². The summed E-state index contributed by atoms with van der Waals surface area (Å²) in [6.07, 6.45) is 0.510. The van der Waals surface area contributed by atoms with Crippen molar-refractivity contribution in [3.63, 3.8) is 0 Å². The molecule has 0 spiro atoms. The van der Waals surface area contributed by atoms with Crippen molar-refractivity contribution in [3.05, 3.63) is 51.8 Å². The SMILES string of the molecule is CC(=O)Cc1cc(C)n(-c2ccc(Br)cc2)c1C. The van der Waals surface area contributed by atoms with Gasteiger partial charge in [0, 0.05) is 28.0 Å². The van der Waals surface area contributed by atoms with Crippen LogP contribution in [0.1, 0.15) is 23.9 Å². The molecular formula is C15H16BrNO. The Morgan fingerprint density at radius 2 is 1.83 bits per heavy atom. The van der Waals surface area contributed by atoms with Gasteiger partial charge in [0.1, 0.15) is 5.78 Å². The maximum Gasteiger partial charge on any atom is 0.134 e. The van der Waals surface area contributed by atoms with Crippen LogP contribution in [0.5, 0.6) is 0 Å². The van der Waals surface area contributed by atoms with E-state index in [1.54, 1.807) is 6.92 Å². The highest BCUT2D eigenvalue weighted by atomic mass is 79.9. The first-order valence-corrected chi connectivity index (χ1v) is 6.71. The van der Waals surface area contributed by atoms with Crippen molar-refractivity contribution < 1.29 is 4.79 Å². The van der Waals surface area contributed by atoms with Crippen molar-refractivity contribution in [1.82, 2.24) is 4.57 Å². The zero-order valence-electron chi connectivity index (χ0n) is 10.8. The van der Waals surface area contributed by atoms with Crippen LogP contribution in [0.3, 0.4) is 0 Å². The molecule has 2 rings (SSSR count). The Morgan fingerprint density at radius 1 is 1.22 bits per heavy atom. The predicted octanol–water partition coefficient (Wildman–Crippen LogP) is 3.99. The van der Waals surface area contributed by atoms with E-state index in [1.807, 2.05) is 12.1 Å². The van der Waals surface area contributed by atoms with E-state index in [1.165, 1.54) is 0 Å². The first kappa shape index (κ1) is 13.1. The average Bonchev–Trinajstić information content (AvgIpc) is 2.55. The molecule has 0 aliphatic heterocycles. The minimum atomic E-state index is 0.200. The number of rotatable bonds is 3. The number of carbonyl (C=O) groups excluding carboxylic acids is 1. The van der Waals surface area contributed by atoms with E-state index in [0.717, 1.165) is 27.1 Å². The quantitative estimate of drug-likeness (QED) is 0.840. The molecule has 0 saturated carbocycles. The number of hydrogen-bond acceptors (Lipinski definition) is 1. The maximum atomic E-state index is 11.3. The van der Waals surface area contributed by atoms with Crippen LogP contribution in [0.4, 0.5) is 0 Å². The van der Waals surface area contributed by atoms with Crippen LogP contribution in [-0.2, 0) is 11.2 Å². The highest BCUT2D eigenvalue weighted by Gasteiger charge is 2.11. The Morgan fingerprint density at radius 3 is 2.39 bits per heavy atom. The molecule has 0 radical (unpaired) electrons. The highest BCUT2D eigenvalue weighted by Crippen LogP contribution is 2.22. The topological polar surface area (TPSA) is 22.0 Å². The Hall–Kier alpha value is -1.35. The van der Waals surface area contributed by atoms with E-state index in [-0.39, 0.29) is 5.78 Å². The Bertz CT molecular complexity index is 581. The molecule has 0 saturated heterocycles. The van der Waals surface area contributed by atoms with Crippen molar-refractivity contribution in [2.45, 2.75) is 27.2 Å². The summed E-state index contributed by atoms with van der Waals surface area (Å²) in [7, 11) is 0. The van der Waals surface area contributed by atoms with Gasteiger partial charge in [0.05, 0.1) is 0 Å². The molecule has 3 heteroatoms. The lowest BCUT2D eigenvalue weighted by Crippen LogP contribution is -2.01. The first-order chi connectivity index (χ1) is 8.49. The fraction of sp³-hybridized carbons (Fsp3) is 0.267. The van der Waals surface area contributed by atoms with E-state index < -0.39 is 0 Å². The second-order valence-electron chi connectivity index (χ2n) is 4.59. The van der Waals surface area contributed by atoms with Crippen LogP contribution in [0.2, 0.25) is 0 Å². The molecule has 18 heavy (non-hydrogen) atoms. The molecule has 0 unspecified atom stereocenters. The predicted molar refractivity (Wildman–Crippen MR) is 77.3 cm³/mol. The lowest BCUT2D eigenvalue weighted by atomic mass is 10.1. The fourth-order valence-electron chi connectivity index (χ4n) is 2.26. The lowest BCUT2D eigenvalue weighted by molar-refractivity contribution is -0.116. The van der Waals surface area contributed by atoms with Gasteiger partial charge < -0.3 is 4.57 Å². The Labute approximate surface area is 116 Å². The van der Waals surface area contributed by atoms with E-state index in [4.69, 9.17) is 0 Å². The van der Waals surface area contributed by atoms with Gasteiger partial charge in [-0.15, -0.1) is 0 Å². The van der Waals surface area contributed by atoms with Gasteiger partial charge in [0.25, 0.3) is 0 Å². The van der Waals surface area contributed by atoms with Gasteiger partial charge in [-0.2, -0.15) is 0 Å². The number of aromatic nitrogens is 1. The van der Waals surface area contributed by atoms with Crippen molar-refractivity contribution >= 4 is 21.7 Å². The van der Waals surface area contributed by atoms with Gasteiger partial charge in [-0.05, 0) is 56.7 Å². The molecule has 0 atom stereocenters. The molecule has 94 valence electrons. The smallest absolute Gasteiger partial charge is 0.134 e. The van der Waals surface area contributed by atoms with E-state index in [2.05, 4.69) is 52.5 Å². The van der Waals surface area contributed by atoms with E-state index >= 15 is 0 Å². The molecular weight excluding hydrogens is 290 g/mol. The number of aryl methyl sites for hydroxylation is 1.